The highest BCUT2D eigenvalue weighted by Crippen LogP contribution is 2.32. The fraction of sp³-hybridized carbons (Fsp3) is 0.448. The summed E-state index contributed by atoms with van der Waals surface area (Å²) < 4.78 is 14.1. The number of nitrogens with zero attached hydrogens (tertiary/aromatic N) is 3. The van der Waals surface area contributed by atoms with Crippen LogP contribution in [0.15, 0.2) is 42.5 Å². The zero-order chi connectivity index (χ0) is 27.7. The van der Waals surface area contributed by atoms with Crippen molar-refractivity contribution in [2.75, 3.05) is 32.1 Å². The highest BCUT2D eigenvalue weighted by molar-refractivity contribution is 6.03. The van der Waals surface area contributed by atoms with Crippen LogP contribution < -0.4 is 10.2 Å². The lowest BCUT2D eigenvalue weighted by Crippen LogP contribution is -2.53. The maximum Gasteiger partial charge on any atom is 0.254 e. The number of aryl methyl sites for hydroxylation is 1. The number of likely N-dealkylation sites (tertiary alicyclic amines) is 2. The van der Waals surface area contributed by atoms with Gasteiger partial charge in [-0.2, -0.15) is 0 Å². The molecule has 0 aliphatic carbocycles. The molecule has 2 fully saturated rings. The molecule has 0 saturated carbocycles. The lowest BCUT2D eigenvalue weighted by Gasteiger charge is -2.29. The fourth-order valence-corrected chi connectivity index (χ4v) is 5.28. The molecule has 2 heterocycles. The summed E-state index contributed by atoms with van der Waals surface area (Å²) in [4.78, 5) is 57.9. The molecule has 2 unspecified atom stereocenters. The molecule has 4 rings (SSSR count). The largest absolute Gasteiger partial charge is 0.378 e. The van der Waals surface area contributed by atoms with E-state index in [1.807, 2.05) is 45.0 Å². The molecule has 3 atom stereocenters. The van der Waals surface area contributed by atoms with Gasteiger partial charge in [-0.25, -0.2) is 4.39 Å². The van der Waals surface area contributed by atoms with Gasteiger partial charge in [0.25, 0.3) is 11.8 Å². The van der Waals surface area contributed by atoms with Crippen molar-refractivity contribution in [2.45, 2.75) is 51.7 Å². The second kappa shape index (κ2) is 10.9. The maximum atomic E-state index is 14.1. The summed E-state index contributed by atoms with van der Waals surface area (Å²) in [5, 5.41) is 2.88. The Morgan fingerprint density at radius 1 is 1.05 bits per heavy atom. The van der Waals surface area contributed by atoms with Crippen molar-refractivity contribution in [1.82, 2.24) is 15.1 Å². The molecule has 8 nitrogen and oxygen atoms in total. The molecule has 0 bridgehead atoms. The van der Waals surface area contributed by atoms with Crippen LogP contribution in [0.2, 0.25) is 0 Å². The maximum absolute atomic E-state index is 14.1. The number of anilines is 1. The van der Waals surface area contributed by atoms with Crippen molar-refractivity contribution in [3.05, 3.63) is 65.0 Å². The van der Waals surface area contributed by atoms with Crippen molar-refractivity contribution in [1.29, 1.82) is 0 Å². The quantitative estimate of drug-likeness (QED) is 0.604. The van der Waals surface area contributed by atoms with E-state index in [0.29, 0.717) is 30.5 Å². The van der Waals surface area contributed by atoms with Crippen LogP contribution in [0.5, 0.6) is 0 Å². The predicted molar refractivity (Wildman–Crippen MR) is 143 cm³/mol. The molecule has 0 spiro atoms. The molecule has 2 aromatic rings. The summed E-state index contributed by atoms with van der Waals surface area (Å²) in [6.07, 6.45) is 0.851. The number of carbonyl (C=O) groups is 4. The minimum absolute atomic E-state index is 0.118. The third-order valence-corrected chi connectivity index (χ3v) is 7.34. The first-order valence-corrected chi connectivity index (χ1v) is 13.0. The molecule has 2 aliphatic rings. The van der Waals surface area contributed by atoms with Gasteiger partial charge in [-0.15, -0.1) is 0 Å². The Balaban J connectivity index is 1.50. The minimum Gasteiger partial charge on any atom is -0.378 e. The summed E-state index contributed by atoms with van der Waals surface area (Å²) in [5.41, 5.74) is 2.00. The molecule has 2 saturated heterocycles. The average molecular weight is 523 g/mol. The van der Waals surface area contributed by atoms with E-state index < -0.39 is 29.8 Å². The number of Topliss-reactive ketones (excluding diaryl/α,β-unsaturated/α-hetero) is 1. The van der Waals surface area contributed by atoms with Crippen LogP contribution in [-0.2, 0) is 9.59 Å². The van der Waals surface area contributed by atoms with Crippen molar-refractivity contribution in [3.8, 4) is 0 Å². The van der Waals surface area contributed by atoms with Crippen LogP contribution >= 0.6 is 0 Å². The van der Waals surface area contributed by atoms with E-state index in [9.17, 15) is 23.6 Å². The Hall–Kier alpha value is -3.75. The van der Waals surface area contributed by atoms with E-state index in [0.717, 1.165) is 5.69 Å². The van der Waals surface area contributed by atoms with Gasteiger partial charge < -0.3 is 20.0 Å². The molecule has 0 aromatic heterocycles. The number of rotatable bonds is 7. The summed E-state index contributed by atoms with van der Waals surface area (Å²) >= 11 is 0. The van der Waals surface area contributed by atoms with Crippen molar-refractivity contribution in [2.24, 2.45) is 5.92 Å². The van der Waals surface area contributed by atoms with Gasteiger partial charge in [0.15, 0.2) is 5.78 Å². The highest BCUT2D eigenvalue weighted by Gasteiger charge is 2.52. The highest BCUT2D eigenvalue weighted by atomic mass is 19.1. The smallest absolute Gasteiger partial charge is 0.254 e. The molecule has 1 N–H and O–H groups in total. The number of ketones is 1. The van der Waals surface area contributed by atoms with E-state index in [-0.39, 0.29) is 35.6 Å². The topological polar surface area (TPSA) is 90.0 Å². The van der Waals surface area contributed by atoms with Gasteiger partial charge in [0, 0.05) is 37.5 Å². The van der Waals surface area contributed by atoms with Crippen LogP contribution in [0.3, 0.4) is 0 Å². The zero-order valence-electron chi connectivity index (χ0n) is 22.5. The van der Waals surface area contributed by atoms with Crippen LogP contribution in [-0.4, -0.2) is 78.6 Å². The normalized spacial score (nSPS) is 19.5. The molecule has 0 radical (unpaired) electrons. The third-order valence-electron chi connectivity index (χ3n) is 7.34. The number of fused-ring (bicyclic) bond motifs is 1. The molecule has 2 aliphatic heterocycles. The van der Waals surface area contributed by atoms with Crippen LogP contribution in [0, 0.1) is 18.7 Å². The lowest BCUT2D eigenvalue weighted by atomic mass is 10.0. The van der Waals surface area contributed by atoms with E-state index in [1.165, 1.54) is 21.9 Å². The molecular weight excluding hydrogens is 487 g/mol. The Kier molecular flexibility index (Phi) is 7.85. The number of benzene rings is 2. The van der Waals surface area contributed by atoms with Crippen LogP contribution in [0.1, 0.15) is 53.0 Å². The summed E-state index contributed by atoms with van der Waals surface area (Å²) in [5.74, 6) is -1.70. The number of amides is 3. The zero-order valence-corrected chi connectivity index (χ0v) is 22.5. The predicted octanol–water partition coefficient (Wildman–Crippen LogP) is 3.04. The second-order valence-corrected chi connectivity index (χ2v) is 10.8. The fourth-order valence-electron chi connectivity index (χ4n) is 5.28. The molecule has 202 valence electrons. The standard InChI is InChI=1S/C29H35FN4O4/c1-17(2)14-23(31-27(36)19-8-10-21(11-9-19)32(4)5)29(38)33-13-12-24-26(33)25(35)16-34(24)28(37)20-7-6-18(3)22(30)15-20/h6-11,15,17,23-24,26H,12-14,16H2,1-5H3,(H,31,36)/t23-,24?,26?/m0/s1. The van der Waals surface area contributed by atoms with Crippen molar-refractivity contribution >= 4 is 29.2 Å². The molecule has 3 amide bonds. The Morgan fingerprint density at radius 2 is 1.71 bits per heavy atom. The van der Waals surface area contributed by atoms with Gasteiger partial charge in [-0.3, -0.25) is 19.2 Å². The van der Waals surface area contributed by atoms with Crippen LogP contribution in [0.25, 0.3) is 0 Å². The summed E-state index contributed by atoms with van der Waals surface area (Å²) in [6, 6.07) is 9.32. The van der Waals surface area contributed by atoms with Crippen LogP contribution in [0.4, 0.5) is 10.1 Å². The number of hydrogen-bond donors (Lipinski definition) is 1. The Bertz CT molecular complexity index is 1240. The van der Waals surface area contributed by atoms with Crippen molar-refractivity contribution < 1.29 is 23.6 Å². The summed E-state index contributed by atoms with van der Waals surface area (Å²) in [7, 11) is 3.82. The van der Waals surface area contributed by atoms with Gasteiger partial charge in [-0.1, -0.05) is 19.9 Å². The monoisotopic (exact) mass is 522 g/mol. The lowest BCUT2D eigenvalue weighted by molar-refractivity contribution is -0.138. The van der Waals surface area contributed by atoms with Gasteiger partial charge in [0.1, 0.15) is 17.9 Å². The van der Waals surface area contributed by atoms with Gasteiger partial charge in [-0.05, 0) is 67.6 Å². The number of halogens is 1. The molecule has 38 heavy (non-hydrogen) atoms. The van der Waals surface area contributed by atoms with E-state index in [1.54, 1.807) is 25.1 Å². The van der Waals surface area contributed by atoms with Crippen molar-refractivity contribution in [3.63, 3.8) is 0 Å². The minimum atomic E-state index is -0.807. The van der Waals surface area contributed by atoms with Gasteiger partial charge in [0.2, 0.25) is 5.91 Å². The first kappa shape index (κ1) is 27.3. The molecule has 2 aromatic carbocycles. The second-order valence-electron chi connectivity index (χ2n) is 10.8. The SMILES string of the molecule is Cc1ccc(C(=O)N2CC(=O)C3C2CCN3C(=O)[C@H](CC(C)C)NC(=O)c2ccc(N(C)C)cc2)cc1F. The van der Waals surface area contributed by atoms with Gasteiger partial charge in [0.05, 0.1) is 12.6 Å². The first-order valence-electron chi connectivity index (χ1n) is 13.0. The first-order chi connectivity index (χ1) is 18.0. The number of nitrogens with one attached hydrogen (secondary N) is 1. The van der Waals surface area contributed by atoms with Gasteiger partial charge >= 0.3 is 0 Å². The third kappa shape index (κ3) is 5.42. The van der Waals surface area contributed by atoms with E-state index >= 15 is 0 Å². The number of carbonyl (C=O) groups excluding carboxylic acids is 4. The Labute approximate surface area is 222 Å². The number of hydrogen-bond acceptors (Lipinski definition) is 5. The molecule has 9 heteroatoms. The Morgan fingerprint density at radius 3 is 2.32 bits per heavy atom. The average Bonchev–Trinajstić information content (AvgIpc) is 3.45. The molecular formula is C29H35FN4O4. The van der Waals surface area contributed by atoms with E-state index in [2.05, 4.69) is 5.32 Å². The summed E-state index contributed by atoms with van der Waals surface area (Å²) in [6.45, 7) is 5.71. The van der Waals surface area contributed by atoms with E-state index in [4.69, 9.17) is 0 Å².